The Morgan fingerprint density at radius 3 is 2.84 bits per heavy atom. The van der Waals surface area contributed by atoms with Crippen molar-refractivity contribution in [2.24, 2.45) is 5.92 Å². The summed E-state index contributed by atoms with van der Waals surface area (Å²) in [6.45, 7) is 4.60. The number of amides is 1. The molecule has 0 radical (unpaired) electrons. The van der Waals surface area contributed by atoms with Gasteiger partial charge in [-0.3, -0.25) is 14.2 Å². The number of anilines is 1. The van der Waals surface area contributed by atoms with Crippen molar-refractivity contribution in [1.29, 1.82) is 0 Å². The number of thiophene rings is 1. The van der Waals surface area contributed by atoms with Crippen LogP contribution in [0.5, 0.6) is 0 Å². The Kier molecular flexibility index (Phi) is 6.52. The first kappa shape index (κ1) is 22.3. The quantitative estimate of drug-likeness (QED) is 0.299. The number of halogens is 2. The van der Waals surface area contributed by atoms with E-state index in [1.807, 2.05) is 6.07 Å². The number of carbonyl (C=O) groups excluding carboxylic acids is 1. The SMILES string of the molecule is CC(C)CCn1c(SCC(=O)Nc2ccc(F)cc2F)nc2c(sc3ncccc32)c1=O. The number of pyridine rings is 1. The standard InChI is InChI=1S/C22H20F2N4O2S2/c1-12(2)7-9-28-21(30)19-18(14-4-3-8-25-20(14)32-19)27-22(28)31-11-17(29)26-16-6-5-13(23)10-15(16)24/h3-6,8,10,12H,7,9,11H2,1-2H3,(H,26,29). The topological polar surface area (TPSA) is 76.9 Å². The Bertz CT molecular complexity index is 1370. The Morgan fingerprint density at radius 2 is 2.09 bits per heavy atom. The van der Waals surface area contributed by atoms with Crippen LogP contribution in [0.4, 0.5) is 14.5 Å². The van der Waals surface area contributed by atoms with Crippen molar-refractivity contribution in [3.05, 3.63) is 58.5 Å². The zero-order valence-corrected chi connectivity index (χ0v) is 19.0. The van der Waals surface area contributed by atoms with E-state index in [1.54, 1.807) is 16.8 Å². The number of carbonyl (C=O) groups is 1. The van der Waals surface area contributed by atoms with E-state index in [4.69, 9.17) is 4.98 Å². The number of nitrogens with zero attached hydrogens (tertiary/aromatic N) is 3. The summed E-state index contributed by atoms with van der Waals surface area (Å²) < 4.78 is 29.0. The molecule has 0 atom stereocenters. The minimum atomic E-state index is -0.853. The van der Waals surface area contributed by atoms with Gasteiger partial charge in [0.2, 0.25) is 5.91 Å². The van der Waals surface area contributed by atoms with Gasteiger partial charge >= 0.3 is 0 Å². The second-order valence-electron chi connectivity index (χ2n) is 7.63. The molecule has 0 fully saturated rings. The third-order valence-corrected chi connectivity index (χ3v) is 6.85. The van der Waals surface area contributed by atoms with Gasteiger partial charge in [0.05, 0.1) is 17.0 Å². The summed E-state index contributed by atoms with van der Waals surface area (Å²) in [4.78, 5) is 35.4. The van der Waals surface area contributed by atoms with Gasteiger partial charge in [-0.05, 0) is 36.6 Å². The van der Waals surface area contributed by atoms with E-state index in [0.29, 0.717) is 33.9 Å². The predicted molar refractivity (Wildman–Crippen MR) is 124 cm³/mol. The van der Waals surface area contributed by atoms with Crippen molar-refractivity contribution in [1.82, 2.24) is 14.5 Å². The molecule has 0 spiro atoms. The highest BCUT2D eigenvalue weighted by Crippen LogP contribution is 2.30. The lowest BCUT2D eigenvalue weighted by Crippen LogP contribution is -2.24. The van der Waals surface area contributed by atoms with E-state index in [9.17, 15) is 18.4 Å². The molecule has 0 bridgehead atoms. The summed E-state index contributed by atoms with van der Waals surface area (Å²) in [5.41, 5.74) is 0.301. The van der Waals surface area contributed by atoms with E-state index in [0.717, 1.165) is 34.5 Å². The van der Waals surface area contributed by atoms with E-state index in [-0.39, 0.29) is 17.0 Å². The van der Waals surface area contributed by atoms with Gasteiger partial charge < -0.3 is 5.32 Å². The van der Waals surface area contributed by atoms with Crippen LogP contribution >= 0.6 is 23.1 Å². The van der Waals surface area contributed by atoms with E-state index >= 15 is 0 Å². The molecule has 1 amide bonds. The lowest BCUT2D eigenvalue weighted by Gasteiger charge is -2.13. The average molecular weight is 475 g/mol. The van der Waals surface area contributed by atoms with Crippen LogP contribution in [-0.2, 0) is 11.3 Å². The summed E-state index contributed by atoms with van der Waals surface area (Å²) >= 11 is 2.41. The summed E-state index contributed by atoms with van der Waals surface area (Å²) in [6.07, 6.45) is 2.44. The molecule has 0 aliphatic heterocycles. The number of thioether (sulfide) groups is 1. The van der Waals surface area contributed by atoms with Crippen LogP contribution in [0.15, 0.2) is 46.5 Å². The molecule has 166 valence electrons. The Labute approximate surface area is 190 Å². The summed E-state index contributed by atoms with van der Waals surface area (Å²) in [6, 6.07) is 6.60. The summed E-state index contributed by atoms with van der Waals surface area (Å²) in [7, 11) is 0. The summed E-state index contributed by atoms with van der Waals surface area (Å²) in [5.74, 6) is -1.77. The maximum Gasteiger partial charge on any atom is 0.272 e. The molecule has 0 saturated heterocycles. The highest BCUT2D eigenvalue weighted by Gasteiger charge is 2.18. The minimum Gasteiger partial charge on any atom is -0.323 e. The van der Waals surface area contributed by atoms with Gasteiger partial charge in [-0.25, -0.2) is 18.7 Å². The van der Waals surface area contributed by atoms with Crippen molar-refractivity contribution in [2.75, 3.05) is 11.1 Å². The molecule has 3 heterocycles. The zero-order valence-electron chi connectivity index (χ0n) is 17.4. The van der Waals surface area contributed by atoms with E-state index in [2.05, 4.69) is 24.1 Å². The molecule has 1 N–H and O–H groups in total. The van der Waals surface area contributed by atoms with Gasteiger partial charge in [0.15, 0.2) is 5.16 Å². The molecular weight excluding hydrogens is 454 g/mol. The molecule has 4 rings (SSSR count). The van der Waals surface area contributed by atoms with Crippen LogP contribution in [0.25, 0.3) is 20.4 Å². The Morgan fingerprint density at radius 1 is 1.28 bits per heavy atom. The molecule has 32 heavy (non-hydrogen) atoms. The maximum atomic E-state index is 13.8. The van der Waals surface area contributed by atoms with Crippen molar-refractivity contribution in [3.8, 4) is 0 Å². The average Bonchev–Trinajstić information content (AvgIpc) is 3.12. The normalized spacial score (nSPS) is 11.5. The van der Waals surface area contributed by atoms with Gasteiger partial charge in [0, 0.05) is 24.2 Å². The van der Waals surface area contributed by atoms with Gasteiger partial charge in [-0.15, -0.1) is 11.3 Å². The van der Waals surface area contributed by atoms with Gasteiger partial charge in [0.1, 0.15) is 21.2 Å². The smallest absolute Gasteiger partial charge is 0.272 e. The number of benzene rings is 1. The van der Waals surface area contributed by atoms with Gasteiger partial charge in [-0.2, -0.15) is 0 Å². The fourth-order valence-corrected chi connectivity index (χ4v) is 4.99. The van der Waals surface area contributed by atoms with Crippen LogP contribution in [-0.4, -0.2) is 26.2 Å². The Balaban J connectivity index is 1.64. The number of aromatic nitrogens is 3. The Hall–Kier alpha value is -2.85. The number of nitrogens with one attached hydrogen (secondary N) is 1. The molecule has 10 heteroatoms. The molecule has 6 nitrogen and oxygen atoms in total. The van der Waals surface area contributed by atoms with Crippen LogP contribution < -0.4 is 10.9 Å². The number of rotatable bonds is 7. The summed E-state index contributed by atoms with van der Waals surface area (Å²) in [5, 5.41) is 3.64. The lowest BCUT2D eigenvalue weighted by atomic mass is 10.1. The highest BCUT2D eigenvalue weighted by molar-refractivity contribution is 7.99. The molecule has 0 unspecified atom stereocenters. The third-order valence-electron chi connectivity index (χ3n) is 4.79. The largest absolute Gasteiger partial charge is 0.323 e. The van der Waals surface area contributed by atoms with Gasteiger partial charge in [0.25, 0.3) is 5.56 Å². The zero-order chi connectivity index (χ0) is 22.8. The second kappa shape index (κ2) is 9.33. The third kappa shape index (κ3) is 4.66. The van der Waals surface area contributed by atoms with Crippen LogP contribution in [0.3, 0.4) is 0 Å². The first-order valence-electron chi connectivity index (χ1n) is 9.99. The van der Waals surface area contributed by atoms with Crippen molar-refractivity contribution < 1.29 is 13.6 Å². The van der Waals surface area contributed by atoms with Crippen LogP contribution in [0.2, 0.25) is 0 Å². The van der Waals surface area contributed by atoms with E-state index in [1.165, 1.54) is 17.4 Å². The number of fused-ring (bicyclic) bond motifs is 3. The first-order valence-corrected chi connectivity index (χ1v) is 11.8. The minimum absolute atomic E-state index is 0.0865. The van der Waals surface area contributed by atoms with Crippen molar-refractivity contribution in [2.45, 2.75) is 32.0 Å². The van der Waals surface area contributed by atoms with Crippen LogP contribution in [0, 0.1) is 17.6 Å². The van der Waals surface area contributed by atoms with Crippen molar-refractivity contribution in [3.63, 3.8) is 0 Å². The molecule has 1 aromatic carbocycles. The highest BCUT2D eigenvalue weighted by atomic mass is 32.2. The molecule has 0 saturated carbocycles. The first-order chi connectivity index (χ1) is 15.3. The van der Waals surface area contributed by atoms with Gasteiger partial charge in [-0.1, -0.05) is 25.6 Å². The number of hydrogen-bond acceptors (Lipinski definition) is 6. The molecule has 0 aliphatic carbocycles. The fourth-order valence-electron chi connectivity index (χ4n) is 3.14. The second-order valence-corrected chi connectivity index (χ2v) is 9.57. The molecule has 3 aromatic heterocycles. The molecule has 4 aromatic rings. The predicted octanol–water partition coefficient (Wildman–Crippen LogP) is 5.06. The molecule has 0 aliphatic rings. The number of hydrogen-bond donors (Lipinski definition) is 1. The maximum absolute atomic E-state index is 13.8. The molecular formula is C22H20F2N4O2S2. The monoisotopic (exact) mass is 474 g/mol. The van der Waals surface area contributed by atoms with E-state index < -0.39 is 17.5 Å². The van der Waals surface area contributed by atoms with Crippen LogP contribution in [0.1, 0.15) is 20.3 Å². The lowest BCUT2D eigenvalue weighted by molar-refractivity contribution is -0.113. The fraction of sp³-hybridized carbons (Fsp3) is 0.273. The van der Waals surface area contributed by atoms with Crippen molar-refractivity contribution >= 4 is 55.1 Å².